The molecular weight excluding hydrogens is 288 g/mol. The van der Waals surface area contributed by atoms with Crippen LogP contribution in [0.2, 0.25) is 5.02 Å². The topological polar surface area (TPSA) is 75.6 Å². The van der Waals surface area contributed by atoms with Gasteiger partial charge in [0.15, 0.2) is 0 Å². The van der Waals surface area contributed by atoms with Gasteiger partial charge in [0, 0.05) is 24.8 Å². The Kier molecular flexibility index (Phi) is 4.96. The van der Waals surface area contributed by atoms with E-state index in [4.69, 9.17) is 23.1 Å². The van der Waals surface area contributed by atoms with Crippen LogP contribution in [0.1, 0.15) is 30.1 Å². The van der Waals surface area contributed by atoms with E-state index in [1.165, 1.54) is 0 Å². The number of carbonyl (C=O) groups excluding carboxylic acids is 1. The molecule has 1 fully saturated rings. The van der Waals surface area contributed by atoms with E-state index in [0.29, 0.717) is 22.3 Å². The van der Waals surface area contributed by atoms with Crippen LogP contribution >= 0.6 is 11.6 Å². The van der Waals surface area contributed by atoms with Gasteiger partial charge in [-0.15, -0.1) is 0 Å². The van der Waals surface area contributed by atoms with Gasteiger partial charge < -0.3 is 21.3 Å². The van der Waals surface area contributed by atoms with E-state index in [-0.39, 0.29) is 0 Å². The Labute approximate surface area is 130 Å². The minimum Gasteiger partial charge on any atom is -0.399 e. The average molecular weight is 311 g/mol. The van der Waals surface area contributed by atoms with Crippen LogP contribution in [0, 0.1) is 0 Å². The molecule has 1 aliphatic rings. The number of primary amides is 1. The smallest absolute Gasteiger partial charge is 0.250 e. The molecule has 116 valence electrons. The quantitative estimate of drug-likeness (QED) is 0.837. The van der Waals surface area contributed by atoms with Gasteiger partial charge >= 0.3 is 0 Å². The Morgan fingerprint density at radius 3 is 2.76 bits per heavy atom. The lowest BCUT2D eigenvalue weighted by molar-refractivity contribution is 0.100. The van der Waals surface area contributed by atoms with E-state index in [2.05, 4.69) is 23.8 Å². The minimum atomic E-state index is -0.494. The first-order chi connectivity index (χ1) is 9.93. The Morgan fingerprint density at radius 2 is 2.14 bits per heavy atom. The zero-order valence-electron chi connectivity index (χ0n) is 12.6. The molecule has 1 aromatic rings. The molecule has 0 aromatic heterocycles. The van der Waals surface area contributed by atoms with Crippen LogP contribution in [0.3, 0.4) is 0 Å². The molecule has 5 nitrogen and oxygen atoms in total. The van der Waals surface area contributed by atoms with Gasteiger partial charge in [-0.2, -0.15) is 0 Å². The van der Waals surface area contributed by atoms with Gasteiger partial charge in [0.25, 0.3) is 5.91 Å². The van der Waals surface area contributed by atoms with Crippen molar-refractivity contribution in [1.29, 1.82) is 0 Å². The van der Waals surface area contributed by atoms with Crippen LogP contribution in [0.5, 0.6) is 0 Å². The second-order valence-corrected chi connectivity index (χ2v) is 6.04. The van der Waals surface area contributed by atoms with Crippen LogP contribution in [0.15, 0.2) is 12.1 Å². The molecule has 1 aliphatic heterocycles. The van der Waals surface area contributed by atoms with E-state index in [1.807, 2.05) is 0 Å². The summed E-state index contributed by atoms with van der Waals surface area (Å²) in [6.45, 7) is 4.97. The summed E-state index contributed by atoms with van der Waals surface area (Å²) in [4.78, 5) is 16.3. The molecule has 6 heteroatoms. The third kappa shape index (κ3) is 3.41. The molecule has 2 rings (SSSR count). The molecule has 4 N–H and O–H groups in total. The number of hydrogen-bond acceptors (Lipinski definition) is 4. The predicted molar refractivity (Wildman–Crippen MR) is 87.9 cm³/mol. The molecule has 1 saturated heterocycles. The van der Waals surface area contributed by atoms with E-state index in [9.17, 15) is 4.79 Å². The first-order valence-electron chi connectivity index (χ1n) is 7.28. The number of amides is 1. The summed E-state index contributed by atoms with van der Waals surface area (Å²) >= 11 is 6.38. The normalized spacial score (nSPS) is 20.3. The summed E-state index contributed by atoms with van der Waals surface area (Å²) in [7, 11) is 2.12. The number of hydrogen-bond donors (Lipinski definition) is 2. The van der Waals surface area contributed by atoms with E-state index in [1.54, 1.807) is 12.1 Å². The fourth-order valence-corrected chi connectivity index (χ4v) is 3.32. The lowest BCUT2D eigenvalue weighted by Gasteiger charge is -2.34. The van der Waals surface area contributed by atoms with Gasteiger partial charge in [-0.25, -0.2) is 0 Å². The fourth-order valence-electron chi connectivity index (χ4n) is 2.99. The van der Waals surface area contributed by atoms with Gasteiger partial charge in [0.2, 0.25) is 0 Å². The first-order valence-corrected chi connectivity index (χ1v) is 7.65. The molecule has 0 radical (unpaired) electrons. The molecular formula is C15H23ClN4O. The standard InChI is InChI=1S/C15H23ClN4O/c1-3-11-9-19(2)5-4-6-20(11)14-12(15(18)21)7-10(17)8-13(14)16/h7-8,11H,3-6,9,17H2,1-2H3,(H2,18,21). The second-order valence-electron chi connectivity index (χ2n) is 5.63. The highest BCUT2D eigenvalue weighted by Crippen LogP contribution is 2.35. The van der Waals surface area contributed by atoms with Crippen molar-refractivity contribution < 1.29 is 4.79 Å². The third-order valence-electron chi connectivity index (χ3n) is 4.01. The number of nitrogens with zero attached hydrogens (tertiary/aromatic N) is 2. The van der Waals surface area contributed by atoms with E-state index < -0.39 is 5.91 Å². The van der Waals surface area contributed by atoms with Crippen molar-refractivity contribution in [1.82, 2.24) is 4.90 Å². The monoisotopic (exact) mass is 310 g/mol. The number of halogens is 1. The maximum absolute atomic E-state index is 11.8. The molecule has 1 unspecified atom stereocenters. The van der Waals surface area contributed by atoms with Crippen LogP contribution < -0.4 is 16.4 Å². The first kappa shape index (κ1) is 15.9. The molecule has 21 heavy (non-hydrogen) atoms. The van der Waals surface area contributed by atoms with Crippen LogP contribution in [0.25, 0.3) is 0 Å². The molecule has 1 amide bonds. The molecule has 1 atom stereocenters. The lowest BCUT2D eigenvalue weighted by Crippen LogP contribution is -2.41. The van der Waals surface area contributed by atoms with Gasteiger partial charge in [-0.3, -0.25) is 4.79 Å². The largest absolute Gasteiger partial charge is 0.399 e. The van der Waals surface area contributed by atoms with Crippen molar-refractivity contribution in [3.05, 3.63) is 22.7 Å². The summed E-state index contributed by atoms with van der Waals surface area (Å²) in [5.74, 6) is -0.494. The number of benzene rings is 1. The number of carbonyl (C=O) groups is 1. The zero-order valence-corrected chi connectivity index (χ0v) is 13.4. The van der Waals surface area contributed by atoms with E-state index in [0.717, 1.165) is 38.2 Å². The molecule has 0 saturated carbocycles. The SMILES string of the molecule is CCC1CN(C)CCCN1c1c(Cl)cc(N)cc1C(N)=O. The van der Waals surface area contributed by atoms with Crippen LogP contribution in [-0.4, -0.2) is 43.5 Å². The Balaban J connectivity index is 2.50. The Hall–Kier alpha value is -1.46. The van der Waals surface area contributed by atoms with Crippen molar-refractivity contribution in [3.63, 3.8) is 0 Å². The van der Waals surface area contributed by atoms with Gasteiger partial charge in [-0.1, -0.05) is 18.5 Å². The molecule has 0 spiro atoms. The maximum atomic E-state index is 11.8. The number of rotatable bonds is 3. The van der Waals surface area contributed by atoms with Gasteiger partial charge in [-0.05, 0) is 38.6 Å². The van der Waals surface area contributed by atoms with Crippen molar-refractivity contribution in [2.45, 2.75) is 25.8 Å². The Morgan fingerprint density at radius 1 is 1.43 bits per heavy atom. The average Bonchev–Trinajstić information content (AvgIpc) is 2.59. The van der Waals surface area contributed by atoms with E-state index >= 15 is 0 Å². The minimum absolute atomic E-state index is 0.303. The molecule has 0 aliphatic carbocycles. The number of nitrogen functional groups attached to an aromatic ring is 1. The van der Waals surface area contributed by atoms with Crippen molar-refractivity contribution >= 4 is 28.9 Å². The van der Waals surface area contributed by atoms with Crippen molar-refractivity contribution in [2.75, 3.05) is 37.3 Å². The summed E-state index contributed by atoms with van der Waals surface area (Å²) in [6.07, 6.45) is 2.00. The van der Waals surface area contributed by atoms with Crippen LogP contribution in [-0.2, 0) is 0 Å². The number of nitrogens with two attached hydrogens (primary N) is 2. The Bertz CT molecular complexity index is 535. The third-order valence-corrected chi connectivity index (χ3v) is 4.30. The fraction of sp³-hybridized carbons (Fsp3) is 0.533. The highest BCUT2D eigenvalue weighted by Gasteiger charge is 2.27. The highest BCUT2D eigenvalue weighted by molar-refractivity contribution is 6.34. The van der Waals surface area contributed by atoms with Gasteiger partial charge in [0.1, 0.15) is 0 Å². The van der Waals surface area contributed by atoms with Crippen molar-refractivity contribution in [3.8, 4) is 0 Å². The summed E-state index contributed by atoms with van der Waals surface area (Å²) < 4.78 is 0. The van der Waals surface area contributed by atoms with Crippen molar-refractivity contribution in [2.24, 2.45) is 5.73 Å². The summed E-state index contributed by atoms with van der Waals surface area (Å²) in [6, 6.07) is 3.60. The molecule has 0 bridgehead atoms. The predicted octanol–water partition coefficient (Wildman–Crippen LogP) is 1.94. The second kappa shape index (κ2) is 6.54. The van der Waals surface area contributed by atoms with Gasteiger partial charge in [0.05, 0.1) is 16.3 Å². The summed E-state index contributed by atoms with van der Waals surface area (Å²) in [5.41, 5.74) is 12.9. The highest BCUT2D eigenvalue weighted by atomic mass is 35.5. The molecule has 1 heterocycles. The van der Waals surface area contributed by atoms with Crippen LogP contribution in [0.4, 0.5) is 11.4 Å². The maximum Gasteiger partial charge on any atom is 0.250 e. The zero-order chi connectivity index (χ0) is 15.6. The lowest BCUT2D eigenvalue weighted by atomic mass is 10.1. The number of anilines is 2. The molecule has 1 aromatic carbocycles. The number of likely N-dealkylation sites (N-methyl/N-ethyl adjacent to an activating group) is 1. The summed E-state index contributed by atoms with van der Waals surface area (Å²) in [5, 5.41) is 0.492.